The molecule has 2 N–H and O–H groups in total. The van der Waals surface area contributed by atoms with Crippen LogP contribution >= 0.6 is 0 Å². The van der Waals surface area contributed by atoms with Crippen LogP contribution in [0.1, 0.15) is 33.6 Å². The molecule has 0 radical (unpaired) electrons. The molecule has 7 atom stereocenters. The third kappa shape index (κ3) is 3.98. The van der Waals surface area contributed by atoms with E-state index in [0.717, 1.165) is 13.1 Å². The van der Waals surface area contributed by atoms with Crippen molar-refractivity contribution in [2.45, 2.75) is 56.9 Å². The summed E-state index contributed by atoms with van der Waals surface area (Å²) in [5, 5.41) is 20.3. The molecule has 4 saturated heterocycles. The van der Waals surface area contributed by atoms with E-state index in [1.165, 1.54) is 4.90 Å². The number of rotatable bonds is 10. The van der Waals surface area contributed by atoms with E-state index in [0.29, 0.717) is 45.7 Å². The van der Waals surface area contributed by atoms with Gasteiger partial charge in [-0.1, -0.05) is 19.9 Å². The van der Waals surface area contributed by atoms with Crippen molar-refractivity contribution in [3.8, 4) is 0 Å². The quantitative estimate of drug-likeness (QED) is 0.414. The fraction of sp³-hybridized carbons (Fsp3) is 0.800. The summed E-state index contributed by atoms with van der Waals surface area (Å²) in [5.74, 6) is -3.91. The van der Waals surface area contributed by atoms with E-state index in [-0.39, 0.29) is 18.4 Å². The van der Waals surface area contributed by atoms with Gasteiger partial charge in [0, 0.05) is 32.7 Å². The molecule has 2 bridgehead atoms. The van der Waals surface area contributed by atoms with Gasteiger partial charge in [0.05, 0.1) is 37.4 Å². The van der Waals surface area contributed by atoms with E-state index in [4.69, 9.17) is 9.47 Å². The van der Waals surface area contributed by atoms with Crippen molar-refractivity contribution < 1.29 is 34.1 Å². The number of hydrogen-bond acceptors (Lipinski definition) is 7. The van der Waals surface area contributed by atoms with Gasteiger partial charge in [-0.05, 0) is 25.7 Å². The van der Waals surface area contributed by atoms with Crippen LogP contribution in [0.15, 0.2) is 12.7 Å². The number of aliphatic hydroxyl groups is 1. The second-order valence-electron chi connectivity index (χ2n) is 10.6. The van der Waals surface area contributed by atoms with Gasteiger partial charge in [0.2, 0.25) is 11.8 Å². The maximum absolute atomic E-state index is 14.2. The molecule has 1 spiro atoms. The third-order valence-electron chi connectivity index (χ3n) is 8.78. The number of likely N-dealkylation sites (tertiary alicyclic amines) is 1. The topological polar surface area (TPSA) is 120 Å². The monoisotopic (exact) mass is 493 g/mol. The van der Waals surface area contributed by atoms with Crippen LogP contribution in [0.3, 0.4) is 0 Å². The predicted molar refractivity (Wildman–Crippen MR) is 126 cm³/mol. The fourth-order valence-electron chi connectivity index (χ4n) is 6.85. The number of aliphatic hydroxyl groups excluding tert-OH is 1. The molecule has 4 heterocycles. The van der Waals surface area contributed by atoms with Crippen molar-refractivity contribution in [1.29, 1.82) is 0 Å². The number of carboxylic acids is 1. The van der Waals surface area contributed by atoms with Gasteiger partial charge in [0.25, 0.3) is 0 Å². The minimum atomic E-state index is -1.23. The summed E-state index contributed by atoms with van der Waals surface area (Å²) in [4.78, 5) is 45.9. The Balaban J connectivity index is 1.71. The van der Waals surface area contributed by atoms with E-state index in [2.05, 4.69) is 11.5 Å². The van der Waals surface area contributed by atoms with Crippen molar-refractivity contribution in [2.75, 3.05) is 52.5 Å². The van der Waals surface area contributed by atoms with Crippen molar-refractivity contribution >= 4 is 17.8 Å². The van der Waals surface area contributed by atoms with Crippen LogP contribution in [0, 0.1) is 17.8 Å². The van der Waals surface area contributed by atoms with Gasteiger partial charge in [0.1, 0.15) is 17.6 Å². The summed E-state index contributed by atoms with van der Waals surface area (Å²) in [6.07, 6.45) is 2.52. The molecular weight excluding hydrogens is 454 g/mol. The molecule has 2 amide bonds. The second kappa shape index (κ2) is 9.80. The smallest absolute Gasteiger partial charge is 0.310 e. The number of fused-ring (bicyclic) bond motifs is 1. The molecular formula is C25H39N3O7. The molecule has 3 unspecified atom stereocenters. The first-order valence-corrected chi connectivity index (χ1v) is 12.7. The lowest BCUT2D eigenvalue weighted by molar-refractivity contribution is -0.160. The molecule has 4 aliphatic heterocycles. The highest BCUT2D eigenvalue weighted by molar-refractivity contribution is 5.98. The lowest BCUT2D eigenvalue weighted by Gasteiger charge is -2.40. The summed E-state index contributed by atoms with van der Waals surface area (Å²) >= 11 is 0. The van der Waals surface area contributed by atoms with Crippen LogP contribution < -0.4 is 0 Å². The van der Waals surface area contributed by atoms with Crippen LogP contribution in [0.4, 0.5) is 0 Å². The zero-order valence-electron chi connectivity index (χ0n) is 21.0. The molecule has 0 aliphatic carbocycles. The Morgan fingerprint density at radius 1 is 1.34 bits per heavy atom. The number of morpholine rings is 1. The van der Waals surface area contributed by atoms with Gasteiger partial charge in [0.15, 0.2) is 0 Å². The van der Waals surface area contributed by atoms with Crippen molar-refractivity contribution in [3.63, 3.8) is 0 Å². The summed E-state index contributed by atoms with van der Waals surface area (Å²) in [7, 11) is 0. The van der Waals surface area contributed by atoms with E-state index < -0.39 is 47.0 Å². The van der Waals surface area contributed by atoms with Gasteiger partial charge in [-0.15, -0.1) is 6.58 Å². The van der Waals surface area contributed by atoms with E-state index in [1.807, 2.05) is 13.8 Å². The molecule has 4 aliphatic rings. The standard InChI is InChI=1S/C25H39N3O7/c1-5-7-27(9-8-26-10-12-34-13-11-26)22(31)20-25-14-16(3)24(4,35-25)19(23(32)33)18(25)21(30)28(20)17(6-2)15-29/h5,16-20,29H,1,6-15H2,2-4H3,(H,32,33)/t16?,17-,18-,19+,20?,24-,25?/m0/s1. The number of hydrogen-bond donors (Lipinski definition) is 2. The second-order valence-corrected chi connectivity index (χ2v) is 10.6. The molecule has 35 heavy (non-hydrogen) atoms. The fourth-order valence-corrected chi connectivity index (χ4v) is 6.85. The number of carboxylic acid groups (broad SMARTS) is 1. The van der Waals surface area contributed by atoms with E-state index in [9.17, 15) is 24.6 Å². The van der Waals surface area contributed by atoms with Gasteiger partial charge in [-0.2, -0.15) is 0 Å². The SMILES string of the molecule is C=CCN(CCN1CCOCC1)C(=O)C1N([C@@H](CC)CO)C(=O)[C@@H]2[C@H](C(=O)O)[C@@]3(C)OC12CC3C. The van der Waals surface area contributed by atoms with Crippen LogP contribution in [-0.4, -0.2) is 119 Å². The Morgan fingerprint density at radius 2 is 2.03 bits per heavy atom. The number of ether oxygens (including phenoxy) is 2. The molecule has 10 heteroatoms. The Kier molecular flexibility index (Phi) is 7.30. The highest BCUT2D eigenvalue weighted by Crippen LogP contribution is 2.65. The summed E-state index contributed by atoms with van der Waals surface area (Å²) < 4.78 is 11.9. The van der Waals surface area contributed by atoms with Crippen LogP contribution in [-0.2, 0) is 23.9 Å². The molecule has 0 aromatic carbocycles. The van der Waals surface area contributed by atoms with Crippen molar-refractivity contribution in [3.05, 3.63) is 12.7 Å². The highest BCUT2D eigenvalue weighted by atomic mass is 16.5. The first-order chi connectivity index (χ1) is 16.7. The Labute approximate surface area is 206 Å². The first-order valence-electron chi connectivity index (χ1n) is 12.7. The molecule has 4 rings (SSSR count). The van der Waals surface area contributed by atoms with Gasteiger partial charge in [-0.25, -0.2) is 0 Å². The molecule has 10 nitrogen and oxygen atoms in total. The maximum Gasteiger partial charge on any atom is 0.310 e. The lowest BCUT2D eigenvalue weighted by Crippen LogP contribution is -2.59. The molecule has 0 aromatic heterocycles. The first kappa shape index (κ1) is 26.1. The van der Waals surface area contributed by atoms with Gasteiger partial charge in [-0.3, -0.25) is 19.3 Å². The Bertz CT molecular complexity index is 858. The van der Waals surface area contributed by atoms with E-state index >= 15 is 0 Å². The average Bonchev–Trinajstić information content (AvgIpc) is 3.35. The van der Waals surface area contributed by atoms with Crippen molar-refractivity contribution in [1.82, 2.24) is 14.7 Å². The third-order valence-corrected chi connectivity index (χ3v) is 8.78. The van der Waals surface area contributed by atoms with Gasteiger partial charge >= 0.3 is 5.97 Å². The lowest BCUT2D eigenvalue weighted by atomic mass is 9.62. The number of aliphatic carboxylic acids is 1. The van der Waals surface area contributed by atoms with Crippen LogP contribution in [0.2, 0.25) is 0 Å². The summed E-state index contributed by atoms with van der Waals surface area (Å²) in [6.45, 7) is 13.3. The minimum absolute atomic E-state index is 0.140. The van der Waals surface area contributed by atoms with Crippen LogP contribution in [0.25, 0.3) is 0 Å². The zero-order valence-corrected chi connectivity index (χ0v) is 21.0. The maximum atomic E-state index is 14.2. The van der Waals surface area contributed by atoms with Crippen molar-refractivity contribution in [2.24, 2.45) is 17.8 Å². The highest BCUT2D eigenvalue weighted by Gasteiger charge is 2.80. The summed E-state index contributed by atoms with van der Waals surface area (Å²) in [6, 6.07) is -1.59. The minimum Gasteiger partial charge on any atom is -0.481 e. The van der Waals surface area contributed by atoms with Gasteiger partial charge < -0.3 is 29.5 Å². The summed E-state index contributed by atoms with van der Waals surface area (Å²) in [5.41, 5.74) is -2.26. The number of nitrogens with zero attached hydrogens (tertiary/aromatic N) is 3. The largest absolute Gasteiger partial charge is 0.481 e. The number of amides is 2. The number of carbonyl (C=O) groups excluding carboxylic acids is 2. The normalized spacial score (nSPS) is 37.4. The van der Waals surface area contributed by atoms with Crippen LogP contribution in [0.5, 0.6) is 0 Å². The molecule has 0 aromatic rings. The van der Waals surface area contributed by atoms with E-state index in [1.54, 1.807) is 17.9 Å². The number of carbonyl (C=O) groups is 3. The Morgan fingerprint density at radius 3 is 2.60 bits per heavy atom. The average molecular weight is 494 g/mol. The zero-order chi connectivity index (χ0) is 25.5. The predicted octanol–water partition coefficient (Wildman–Crippen LogP) is 0.199. The molecule has 0 saturated carbocycles. The molecule has 196 valence electrons. The Hall–Kier alpha value is -2.01. The molecule has 4 fully saturated rings.